The molecule has 1 N–H and O–H groups in total. The Kier molecular flexibility index (Phi) is 6.63. The first kappa shape index (κ1) is 23.3. The Morgan fingerprint density at radius 2 is 1.52 bits per heavy atom. The Labute approximate surface area is 185 Å². The van der Waals surface area contributed by atoms with Crippen LogP contribution in [-0.2, 0) is 21.9 Å². The Bertz CT molecular complexity index is 885. The van der Waals surface area contributed by atoms with Crippen LogP contribution in [-0.4, -0.2) is 27.5 Å². The molecular formula is C21H30Cl2NO2Si2Ti. The number of fused-ring (bicyclic) bond motifs is 3. The second-order valence-electron chi connectivity index (χ2n) is 9.17. The third-order valence-electron chi connectivity index (χ3n) is 5.66. The summed E-state index contributed by atoms with van der Waals surface area (Å²) in [6.07, 6.45) is 0.292. The molecule has 0 saturated carbocycles. The molecule has 0 aliphatic heterocycles. The summed E-state index contributed by atoms with van der Waals surface area (Å²) >= 11 is -4.48. The van der Waals surface area contributed by atoms with E-state index in [2.05, 4.69) is 60.8 Å². The first-order valence-corrected chi connectivity index (χ1v) is 25.1. The minimum atomic E-state index is -4.48. The van der Waals surface area contributed by atoms with Gasteiger partial charge >= 0.3 is 186 Å². The van der Waals surface area contributed by atoms with Crippen LogP contribution >= 0.6 is 18.6 Å². The molecule has 3 nitrogen and oxygen atoms in total. The monoisotopic (exact) mass is 502 g/mol. The SMILES string of the molecule is C[SiH](C)[Ti]([Cl])([Cl])([NH]C(=O)CCO[Si](C)(C)C)[CH]1c2ccccc2-c2ccccc21. The first-order valence-electron chi connectivity index (χ1n) is 10.1. The van der Waals surface area contributed by atoms with Crippen LogP contribution < -0.4 is 3.80 Å². The molecule has 0 saturated heterocycles. The number of halogens is 2. The van der Waals surface area contributed by atoms with Crippen molar-refractivity contribution in [2.24, 2.45) is 0 Å². The number of carbonyl (C=O) groups is 1. The molecule has 8 heteroatoms. The molecule has 0 heterocycles. The zero-order chi connectivity index (χ0) is 21.5. The third kappa shape index (κ3) is 4.61. The summed E-state index contributed by atoms with van der Waals surface area (Å²) < 4.78 is 9.00. The Morgan fingerprint density at radius 3 is 1.97 bits per heavy atom. The third-order valence-corrected chi connectivity index (χ3v) is 37.9. The van der Waals surface area contributed by atoms with Crippen molar-refractivity contribution < 1.29 is 21.9 Å². The van der Waals surface area contributed by atoms with Crippen LogP contribution in [0.4, 0.5) is 0 Å². The number of hydrogen-bond donors (Lipinski definition) is 1. The van der Waals surface area contributed by atoms with Gasteiger partial charge in [0.15, 0.2) is 0 Å². The molecule has 0 radical (unpaired) electrons. The van der Waals surface area contributed by atoms with Crippen molar-refractivity contribution in [3.8, 4) is 11.1 Å². The Balaban J connectivity index is 1.99. The number of amides is 1. The summed E-state index contributed by atoms with van der Waals surface area (Å²) in [4.78, 5) is 13.0. The van der Waals surface area contributed by atoms with E-state index in [0.29, 0.717) is 13.0 Å². The predicted octanol–water partition coefficient (Wildman–Crippen LogP) is 6.01. The van der Waals surface area contributed by atoms with Gasteiger partial charge in [-0.05, 0) is 0 Å². The van der Waals surface area contributed by atoms with Gasteiger partial charge in [-0.3, -0.25) is 0 Å². The molecule has 2 aromatic rings. The summed E-state index contributed by atoms with van der Waals surface area (Å²) in [7, 11) is 13.4. The van der Waals surface area contributed by atoms with Crippen molar-refractivity contribution in [3.63, 3.8) is 0 Å². The molecule has 157 valence electrons. The zero-order valence-corrected chi connectivity index (χ0v) is 23.0. The van der Waals surface area contributed by atoms with Gasteiger partial charge in [0.2, 0.25) is 0 Å². The van der Waals surface area contributed by atoms with Gasteiger partial charge in [-0.1, -0.05) is 0 Å². The summed E-state index contributed by atoms with van der Waals surface area (Å²) in [5.74, 6) is -0.0895. The van der Waals surface area contributed by atoms with E-state index in [4.69, 9.17) is 23.0 Å². The van der Waals surface area contributed by atoms with Gasteiger partial charge in [0.05, 0.1) is 0 Å². The van der Waals surface area contributed by atoms with Crippen molar-refractivity contribution >= 4 is 39.5 Å². The Morgan fingerprint density at radius 1 is 1.03 bits per heavy atom. The minimum absolute atomic E-state index is 0.0895. The summed E-state index contributed by atoms with van der Waals surface area (Å²) in [5.41, 5.74) is 4.65. The van der Waals surface area contributed by atoms with E-state index in [0.717, 1.165) is 11.1 Å². The van der Waals surface area contributed by atoms with Crippen molar-refractivity contribution in [3.05, 3.63) is 59.7 Å². The summed E-state index contributed by atoms with van der Waals surface area (Å²) in [5, 5.41) is 0. The van der Waals surface area contributed by atoms with Crippen molar-refractivity contribution in [2.45, 2.75) is 43.4 Å². The molecule has 1 aliphatic carbocycles. The van der Waals surface area contributed by atoms with Gasteiger partial charge in [-0.15, -0.1) is 0 Å². The summed E-state index contributed by atoms with van der Waals surface area (Å²) in [6, 6.07) is 16.6. The van der Waals surface area contributed by atoms with Crippen molar-refractivity contribution in [1.29, 1.82) is 0 Å². The van der Waals surface area contributed by atoms with E-state index in [1.807, 2.05) is 24.3 Å². The maximum absolute atomic E-state index is 13.0. The normalized spacial score (nSPS) is 15.5. The number of carbonyl (C=O) groups excluding carboxylic acids is 1. The van der Waals surface area contributed by atoms with Crippen LogP contribution in [0.1, 0.15) is 21.8 Å². The topological polar surface area (TPSA) is 38.3 Å². The number of nitrogens with one attached hydrogen (secondary N) is 1. The second-order valence-corrected chi connectivity index (χ2v) is 41.8. The van der Waals surface area contributed by atoms with Gasteiger partial charge in [-0.25, -0.2) is 0 Å². The Hall–Kier alpha value is -0.402. The van der Waals surface area contributed by atoms with E-state index in [-0.39, 0.29) is 10.1 Å². The fraction of sp³-hybridized carbons (Fsp3) is 0.381. The van der Waals surface area contributed by atoms with Crippen LogP contribution in [0.15, 0.2) is 48.5 Å². The van der Waals surface area contributed by atoms with Gasteiger partial charge in [0.25, 0.3) is 0 Å². The molecule has 3 rings (SSSR count). The predicted molar refractivity (Wildman–Crippen MR) is 126 cm³/mol. The molecule has 1 aliphatic rings. The second kappa shape index (κ2) is 8.27. The number of rotatable bonds is 7. The fourth-order valence-electron chi connectivity index (χ4n) is 4.05. The van der Waals surface area contributed by atoms with Crippen molar-refractivity contribution in [1.82, 2.24) is 3.80 Å². The molecule has 0 unspecified atom stereocenters. The van der Waals surface area contributed by atoms with Crippen molar-refractivity contribution in [2.75, 3.05) is 6.61 Å². The maximum atomic E-state index is 13.0. The molecule has 1 amide bonds. The first-order chi connectivity index (χ1) is 13.4. The number of benzene rings is 2. The van der Waals surface area contributed by atoms with Gasteiger partial charge in [0, 0.05) is 0 Å². The molecular weight excluding hydrogens is 473 g/mol. The van der Waals surface area contributed by atoms with Crippen LogP contribution in [0.5, 0.6) is 0 Å². The average molecular weight is 503 g/mol. The fourth-order valence-corrected chi connectivity index (χ4v) is 19.0. The summed E-state index contributed by atoms with van der Waals surface area (Å²) in [6.45, 7) is 9.44. The standard InChI is InChI=1S/C13H9.C6H15NO2Si.C2H7Si.2ClH.Ti/c1-3-7-12-10(5-1)9-11-6-2-4-8-13(11)12;1-10(2,3)9-5-4-6(7)8;1-3-2;;;/h1-9H;4-5H2,1-3H3,(H2,7,8);3H,1-2H3;2*1H;/q;;;;;+3/p-3. The molecule has 0 bridgehead atoms. The van der Waals surface area contributed by atoms with Crippen LogP contribution in [0.25, 0.3) is 11.1 Å². The van der Waals surface area contributed by atoms with E-state index in [1.165, 1.54) is 11.1 Å². The van der Waals surface area contributed by atoms with E-state index in [9.17, 15) is 4.79 Å². The van der Waals surface area contributed by atoms with Crippen LogP contribution in [0.2, 0.25) is 32.7 Å². The quantitative estimate of drug-likeness (QED) is 0.470. The van der Waals surface area contributed by atoms with E-state index in [1.54, 1.807) is 0 Å². The molecule has 29 heavy (non-hydrogen) atoms. The van der Waals surface area contributed by atoms with E-state index >= 15 is 0 Å². The molecule has 0 atom stereocenters. The van der Waals surface area contributed by atoms with E-state index < -0.39 is 27.7 Å². The average Bonchev–Trinajstić information content (AvgIpc) is 2.96. The molecule has 0 aromatic heterocycles. The molecule has 0 fully saturated rings. The van der Waals surface area contributed by atoms with Crippen LogP contribution in [0, 0.1) is 0 Å². The molecule has 2 aromatic carbocycles. The zero-order valence-electron chi connectivity index (χ0n) is 17.8. The van der Waals surface area contributed by atoms with Gasteiger partial charge < -0.3 is 0 Å². The molecule has 0 spiro atoms. The van der Waals surface area contributed by atoms with Crippen LogP contribution in [0.3, 0.4) is 0 Å². The van der Waals surface area contributed by atoms with Gasteiger partial charge in [0.1, 0.15) is 0 Å². The van der Waals surface area contributed by atoms with Gasteiger partial charge in [-0.2, -0.15) is 0 Å². The number of hydrogen-bond acceptors (Lipinski definition) is 2.